The lowest BCUT2D eigenvalue weighted by molar-refractivity contribution is 0.669. The van der Waals surface area contributed by atoms with Crippen LogP contribution in [0, 0.1) is 0 Å². The van der Waals surface area contributed by atoms with Gasteiger partial charge in [-0.2, -0.15) is 0 Å². The minimum Gasteiger partial charge on any atom is -0.456 e. The van der Waals surface area contributed by atoms with Gasteiger partial charge in [0.1, 0.15) is 11.2 Å². The SMILES string of the molecule is c1ccc(-c2nc(-c3ccccc3)nc(-c3cc(N(c4ccccc4)c4cccc(-c5cccc6c5sc5ccccc56)c4)cc4oc5ccccc5c34)n2)cc1. The van der Waals surface area contributed by atoms with E-state index < -0.39 is 0 Å². The lowest BCUT2D eigenvalue weighted by Gasteiger charge is -2.26. The molecular weight excluding hydrogens is 717 g/mol. The second-order valence-corrected chi connectivity index (χ2v) is 15.1. The number of nitrogens with zero attached hydrogens (tertiary/aromatic N) is 4. The second kappa shape index (κ2) is 13.7. The molecule has 0 atom stereocenters. The summed E-state index contributed by atoms with van der Waals surface area (Å²) < 4.78 is 9.25. The van der Waals surface area contributed by atoms with Crippen LogP contribution in [0.15, 0.2) is 199 Å². The molecule has 268 valence electrons. The van der Waals surface area contributed by atoms with Crippen molar-refractivity contribution in [1.29, 1.82) is 0 Å². The number of para-hydroxylation sites is 2. The van der Waals surface area contributed by atoms with Crippen molar-refractivity contribution in [3.63, 3.8) is 0 Å². The van der Waals surface area contributed by atoms with E-state index in [1.165, 1.54) is 25.7 Å². The summed E-state index contributed by atoms with van der Waals surface area (Å²) in [5.41, 5.74) is 9.55. The van der Waals surface area contributed by atoms with E-state index in [4.69, 9.17) is 19.4 Å². The summed E-state index contributed by atoms with van der Waals surface area (Å²) in [6, 6.07) is 67.3. The third-order valence-electron chi connectivity index (χ3n) is 10.5. The maximum Gasteiger partial charge on any atom is 0.164 e. The van der Waals surface area contributed by atoms with Gasteiger partial charge in [-0.25, -0.2) is 15.0 Å². The lowest BCUT2D eigenvalue weighted by Crippen LogP contribution is -2.10. The van der Waals surface area contributed by atoms with Gasteiger partial charge < -0.3 is 9.32 Å². The molecule has 0 aliphatic rings. The molecule has 5 nitrogen and oxygen atoms in total. The Bertz CT molecular complexity index is 3190. The average molecular weight is 749 g/mol. The topological polar surface area (TPSA) is 55.1 Å². The van der Waals surface area contributed by atoms with E-state index in [2.05, 4.69) is 120 Å². The highest BCUT2D eigenvalue weighted by Gasteiger charge is 2.23. The van der Waals surface area contributed by atoms with Crippen LogP contribution < -0.4 is 4.90 Å². The number of hydrogen-bond donors (Lipinski definition) is 0. The minimum absolute atomic E-state index is 0.569. The van der Waals surface area contributed by atoms with Crippen molar-refractivity contribution in [2.24, 2.45) is 0 Å². The summed E-state index contributed by atoms with van der Waals surface area (Å²) >= 11 is 1.85. The van der Waals surface area contributed by atoms with Gasteiger partial charge in [0.25, 0.3) is 0 Å². The van der Waals surface area contributed by atoms with Crippen LogP contribution in [0.2, 0.25) is 0 Å². The minimum atomic E-state index is 0.569. The molecular formula is C51H32N4OS. The number of anilines is 3. The van der Waals surface area contributed by atoms with Gasteiger partial charge in [-0.1, -0.05) is 146 Å². The molecule has 3 aromatic heterocycles. The number of thiophene rings is 1. The molecule has 0 bridgehead atoms. The van der Waals surface area contributed by atoms with Gasteiger partial charge in [-0.05, 0) is 53.6 Å². The molecule has 6 heteroatoms. The number of hydrogen-bond acceptors (Lipinski definition) is 6. The Hall–Kier alpha value is -7.41. The molecule has 0 fully saturated rings. The Kier molecular flexibility index (Phi) is 7.93. The first-order valence-corrected chi connectivity index (χ1v) is 19.8. The zero-order valence-corrected chi connectivity index (χ0v) is 31.4. The summed E-state index contributed by atoms with van der Waals surface area (Å²) in [6.07, 6.45) is 0. The fourth-order valence-corrected chi connectivity index (χ4v) is 9.12. The molecule has 3 heterocycles. The van der Waals surface area contributed by atoms with Gasteiger partial charge in [-0.3, -0.25) is 0 Å². The van der Waals surface area contributed by atoms with Crippen LogP contribution in [0.1, 0.15) is 0 Å². The first kappa shape index (κ1) is 33.0. The monoisotopic (exact) mass is 748 g/mol. The Labute approximate surface area is 332 Å². The highest BCUT2D eigenvalue weighted by atomic mass is 32.1. The predicted octanol–water partition coefficient (Wildman–Crippen LogP) is 14.3. The zero-order chi connectivity index (χ0) is 37.7. The van der Waals surface area contributed by atoms with E-state index in [1.54, 1.807) is 0 Å². The summed E-state index contributed by atoms with van der Waals surface area (Å²) in [4.78, 5) is 17.7. The van der Waals surface area contributed by atoms with Crippen molar-refractivity contribution >= 4 is 70.5 Å². The first-order chi connectivity index (χ1) is 28.2. The summed E-state index contributed by atoms with van der Waals surface area (Å²) in [6.45, 7) is 0. The Morgan fingerprint density at radius 2 is 0.965 bits per heavy atom. The number of benzene rings is 8. The van der Waals surface area contributed by atoms with Gasteiger partial charge in [0, 0.05) is 65.1 Å². The standard InChI is InChI=1S/C51H32N4OS/c1-4-16-33(17-5-1)49-52-50(34-18-6-2-7-19-34)54-51(53-49)43-31-38(32-45-47(43)42-25-10-12-28-44(42)56-45)55(36-21-8-3-9-22-36)37-23-14-20-35(30-37)39-26-15-27-41-40-24-11-13-29-46(40)57-48(39)41/h1-32H. The smallest absolute Gasteiger partial charge is 0.164 e. The molecule has 57 heavy (non-hydrogen) atoms. The van der Waals surface area contributed by atoms with Crippen LogP contribution >= 0.6 is 11.3 Å². The maximum atomic E-state index is 6.68. The van der Waals surface area contributed by atoms with Crippen molar-refractivity contribution in [2.45, 2.75) is 0 Å². The molecule has 0 aliphatic carbocycles. The third-order valence-corrected chi connectivity index (χ3v) is 11.7. The van der Waals surface area contributed by atoms with Gasteiger partial charge in [0.05, 0.1) is 5.69 Å². The van der Waals surface area contributed by atoms with E-state index in [0.29, 0.717) is 17.5 Å². The van der Waals surface area contributed by atoms with E-state index in [-0.39, 0.29) is 0 Å². The fourth-order valence-electron chi connectivity index (χ4n) is 7.89. The summed E-state index contributed by atoms with van der Waals surface area (Å²) in [5.74, 6) is 1.78. The van der Waals surface area contributed by atoms with Crippen LogP contribution in [-0.2, 0) is 0 Å². The highest BCUT2D eigenvalue weighted by molar-refractivity contribution is 7.26. The van der Waals surface area contributed by atoms with Crippen LogP contribution in [0.4, 0.5) is 17.1 Å². The molecule has 0 N–H and O–H groups in total. The van der Waals surface area contributed by atoms with E-state index in [0.717, 1.165) is 61.3 Å². The summed E-state index contributed by atoms with van der Waals surface area (Å²) in [5, 5.41) is 4.52. The normalized spacial score (nSPS) is 11.5. The number of fused-ring (bicyclic) bond motifs is 6. The number of furan rings is 1. The predicted molar refractivity (Wildman–Crippen MR) is 236 cm³/mol. The van der Waals surface area contributed by atoms with E-state index >= 15 is 0 Å². The van der Waals surface area contributed by atoms with Crippen molar-refractivity contribution in [1.82, 2.24) is 15.0 Å². The molecule has 0 amide bonds. The van der Waals surface area contributed by atoms with Crippen molar-refractivity contribution in [3.05, 3.63) is 194 Å². The molecule has 0 aliphatic heterocycles. The van der Waals surface area contributed by atoms with Gasteiger partial charge in [0.2, 0.25) is 0 Å². The molecule has 11 aromatic rings. The van der Waals surface area contributed by atoms with E-state index in [9.17, 15) is 0 Å². The second-order valence-electron chi connectivity index (χ2n) is 14.0. The molecule has 8 aromatic carbocycles. The van der Waals surface area contributed by atoms with Crippen molar-refractivity contribution in [3.8, 4) is 45.3 Å². The molecule has 11 rings (SSSR count). The zero-order valence-electron chi connectivity index (χ0n) is 30.6. The Morgan fingerprint density at radius 1 is 0.386 bits per heavy atom. The highest BCUT2D eigenvalue weighted by Crippen LogP contribution is 2.45. The quantitative estimate of drug-likeness (QED) is 0.162. The van der Waals surface area contributed by atoms with Gasteiger partial charge in [0.15, 0.2) is 17.5 Å². The molecule has 0 saturated carbocycles. The largest absolute Gasteiger partial charge is 0.456 e. The average Bonchev–Trinajstić information content (AvgIpc) is 3.86. The number of aromatic nitrogens is 3. The van der Waals surface area contributed by atoms with Gasteiger partial charge >= 0.3 is 0 Å². The molecule has 0 unspecified atom stereocenters. The first-order valence-electron chi connectivity index (χ1n) is 18.9. The van der Waals surface area contributed by atoms with Gasteiger partial charge in [-0.15, -0.1) is 11.3 Å². The van der Waals surface area contributed by atoms with E-state index in [1.807, 2.05) is 90.2 Å². The molecule has 0 saturated heterocycles. The summed E-state index contributed by atoms with van der Waals surface area (Å²) in [7, 11) is 0. The fraction of sp³-hybridized carbons (Fsp3) is 0. The molecule has 0 spiro atoms. The Morgan fingerprint density at radius 3 is 1.72 bits per heavy atom. The lowest BCUT2D eigenvalue weighted by atomic mass is 10.0. The number of rotatable bonds is 7. The van der Waals surface area contributed by atoms with Crippen molar-refractivity contribution in [2.75, 3.05) is 4.90 Å². The molecule has 0 radical (unpaired) electrons. The van der Waals surface area contributed by atoms with Crippen LogP contribution in [0.3, 0.4) is 0 Å². The Balaban J connectivity index is 1.15. The van der Waals surface area contributed by atoms with Crippen LogP contribution in [-0.4, -0.2) is 15.0 Å². The van der Waals surface area contributed by atoms with Crippen LogP contribution in [0.25, 0.3) is 87.4 Å². The van der Waals surface area contributed by atoms with Crippen molar-refractivity contribution < 1.29 is 4.42 Å². The van der Waals surface area contributed by atoms with Crippen LogP contribution in [0.5, 0.6) is 0 Å². The maximum absolute atomic E-state index is 6.68. The third kappa shape index (κ3) is 5.82.